The van der Waals surface area contributed by atoms with Gasteiger partial charge in [0.15, 0.2) is 11.7 Å². The van der Waals surface area contributed by atoms with Crippen molar-refractivity contribution >= 4 is 11.8 Å². The molecule has 0 N–H and O–H groups in total. The number of hydrogen-bond acceptors (Lipinski definition) is 4. The van der Waals surface area contributed by atoms with Gasteiger partial charge in [-0.05, 0) is 11.6 Å². The molecule has 2 aliphatic heterocycles. The molecule has 0 aromatic heterocycles. The van der Waals surface area contributed by atoms with Crippen molar-refractivity contribution in [2.24, 2.45) is 0 Å². The Balaban J connectivity index is 1.76. The molecule has 2 aliphatic rings. The summed E-state index contributed by atoms with van der Waals surface area (Å²) in [6.45, 7) is 2.00. The standard InChI is InChI=1S/C11H12O3S/c1-2-4-9-8(3-1)7-14-11(15-9)10-12-5-6-13-10/h1-4,10-11H,5-7H2. The van der Waals surface area contributed by atoms with Gasteiger partial charge < -0.3 is 14.2 Å². The van der Waals surface area contributed by atoms with Crippen LogP contribution in [0, 0.1) is 0 Å². The maximum atomic E-state index is 5.70. The van der Waals surface area contributed by atoms with E-state index < -0.39 is 0 Å². The van der Waals surface area contributed by atoms with Gasteiger partial charge in [-0.2, -0.15) is 0 Å². The van der Waals surface area contributed by atoms with Gasteiger partial charge in [-0.3, -0.25) is 0 Å². The van der Waals surface area contributed by atoms with E-state index in [1.807, 2.05) is 12.1 Å². The SMILES string of the molecule is c1ccc2c(c1)COC(C1OCCO1)S2. The van der Waals surface area contributed by atoms with Crippen LogP contribution in [0.15, 0.2) is 29.2 Å². The second-order valence-electron chi connectivity index (χ2n) is 3.51. The summed E-state index contributed by atoms with van der Waals surface area (Å²) in [5.41, 5.74) is 1.22. The summed E-state index contributed by atoms with van der Waals surface area (Å²) in [6, 6.07) is 8.29. The fraction of sp³-hybridized carbons (Fsp3) is 0.455. The van der Waals surface area contributed by atoms with E-state index in [-0.39, 0.29) is 11.7 Å². The topological polar surface area (TPSA) is 27.7 Å². The zero-order valence-corrected chi connectivity index (χ0v) is 9.03. The third-order valence-electron chi connectivity index (χ3n) is 2.49. The quantitative estimate of drug-likeness (QED) is 0.729. The van der Waals surface area contributed by atoms with E-state index >= 15 is 0 Å². The van der Waals surface area contributed by atoms with Crippen molar-refractivity contribution < 1.29 is 14.2 Å². The summed E-state index contributed by atoms with van der Waals surface area (Å²) in [5.74, 6) is 0. The second kappa shape index (κ2) is 4.14. The summed E-state index contributed by atoms with van der Waals surface area (Å²) >= 11 is 1.68. The predicted octanol–water partition coefficient (Wildman–Crippen LogP) is 2.01. The van der Waals surface area contributed by atoms with Crippen molar-refractivity contribution in [3.63, 3.8) is 0 Å². The van der Waals surface area contributed by atoms with Crippen LogP contribution in [0.4, 0.5) is 0 Å². The zero-order valence-electron chi connectivity index (χ0n) is 8.22. The summed E-state index contributed by atoms with van der Waals surface area (Å²) in [4.78, 5) is 1.27. The molecule has 1 aromatic carbocycles. The Kier molecular flexibility index (Phi) is 2.66. The normalized spacial score (nSPS) is 26.5. The molecule has 0 saturated carbocycles. The highest BCUT2D eigenvalue weighted by Crippen LogP contribution is 2.36. The molecule has 15 heavy (non-hydrogen) atoms. The molecular formula is C11H12O3S. The predicted molar refractivity (Wildman–Crippen MR) is 56.6 cm³/mol. The number of fused-ring (bicyclic) bond motifs is 1. The van der Waals surface area contributed by atoms with Crippen LogP contribution >= 0.6 is 11.8 Å². The summed E-state index contributed by atoms with van der Waals surface area (Å²) in [6.07, 6.45) is -0.205. The Labute approximate surface area is 92.7 Å². The summed E-state index contributed by atoms with van der Waals surface area (Å²) in [5, 5.41) is 0. The molecule has 1 aromatic rings. The van der Waals surface area contributed by atoms with Crippen LogP contribution in [0.3, 0.4) is 0 Å². The van der Waals surface area contributed by atoms with Crippen LogP contribution in [-0.4, -0.2) is 24.9 Å². The minimum Gasteiger partial charge on any atom is -0.357 e. The van der Waals surface area contributed by atoms with Crippen molar-refractivity contribution in [2.45, 2.75) is 23.2 Å². The van der Waals surface area contributed by atoms with Crippen LogP contribution in [0.5, 0.6) is 0 Å². The van der Waals surface area contributed by atoms with Crippen molar-refractivity contribution in [1.82, 2.24) is 0 Å². The van der Waals surface area contributed by atoms with E-state index in [0.717, 1.165) is 0 Å². The molecule has 0 bridgehead atoms. The van der Waals surface area contributed by atoms with Crippen molar-refractivity contribution in [2.75, 3.05) is 13.2 Å². The number of rotatable bonds is 1. The second-order valence-corrected chi connectivity index (χ2v) is 4.66. The van der Waals surface area contributed by atoms with Gasteiger partial charge in [0, 0.05) is 4.90 Å². The fourth-order valence-electron chi connectivity index (χ4n) is 1.74. The molecular weight excluding hydrogens is 212 g/mol. The van der Waals surface area contributed by atoms with E-state index in [4.69, 9.17) is 14.2 Å². The molecule has 1 fully saturated rings. The molecule has 1 saturated heterocycles. The highest BCUT2D eigenvalue weighted by atomic mass is 32.2. The largest absolute Gasteiger partial charge is 0.357 e. The Hall–Kier alpha value is -0.550. The Morgan fingerprint density at radius 1 is 1.07 bits per heavy atom. The maximum Gasteiger partial charge on any atom is 0.193 e. The fourth-order valence-corrected chi connectivity index (χ4v) is 2.83. The van der Waals surface area contributed by atoms with E-state index in [9.17, 15) is 0 Å². The third kappa shape index (κ3) is 1.90. The lowest BCUT2D eigenvalue weighted by molar-refractivity contribution is -0.115. The number of ether oxygens (including phenoxy) is 3. The van der Waals surface area contributed by atoms with Crippen LogP contribution in [-0.2, 0) is 20.8 Å². The van der Waals surface area contributed by atoms with E-state index in [1.54, 1.807) is 11.8 Å². The molecule has 1 atom stereocenters. The molecule has 0 amide bonds. The molecule has 0 aliphatic carbocycles. The highest BCUT2D eigenvalue weighted by Gasteiger charge is 2.31. The molecule has 2 heterocycles. The lowest BCUT2D eigenvalue weighted by Crippen LogP contribution is -2.29. The van der Waals surface area contributed by atoms with E-state index in [1.165, 1.54) is 10.5 Å². The average molecular weight is 224 g/mol. The first-order chi connectivity index (χ1) is 7.43. The lowest BCUT2D eigenvalue weighted by Gasteiger charge is -2.27. The first-order valence-electron chi connectivity index (χ1n) is 5.03. The monoisotopic (exact) mass is 224 g/mol. The van der Waals surface area contributed by atoms with Gasteiger partial charge in [0.2, 0.25) is 0 Å². The molecule has 1 unspecified atom stereocenters. The molecule has 80 valence electrons. The maximum absolute atomic E-state index is 5.70. The molecule has 0 spiro atoms. The van der Waals surface area contributed by atoms with Crippen LogP contribution in [0.1, 0.15) is 5.56 Å². The molecule has 3 rings (SSSR count). The van der Waals surface area contributed by atoms with E-state index in [2.05, 4.69) is 12.1 Å². The van der Waals surface area contributed by atoms with Gasteiger partial charge in [0.05, 0.1) is 19.8 Å². The summed E-state index contributed by atoms with van der Waals surface area (Å²) in [7, 11) is 0. The first-order valence-corrected chi connectivity index (χ1v) is 5.91. The van der Waals surface area contributed by atoms with Gasteiger partial charge in [-0.1, -0.05) is 30.0 Å². The smallest absolute Gasteiger partial charge is 0.193 e. The van der Waals surface area contributed by atoms with Gasteiger partial charge in [0.25, 0.3) is 0 Å². The van der Waals surface area contributed by atoms with Gasteiger partial charge in [0.1, 0.15) is 0 Å². The minimum atomic E-state index is -0.205. The minimum absolute atomic E-state index is 0.0256. The number of thioether (sulfide) groups is 1. The van der Waals surface area contributed by atoms with E-state index in [0.29, 0.717) is 19.8 Å². The Bertz CT molecular complexity index is 349. The summed E-state index contributed by atoms with van der Waals surface area (Å²) < 4.78 is 16.6. The van der Waals surface area contributed by atoms with Gasteiger partial charge in [-0.25, -0.2) is 0 Å². The molecule has 4 heteroatoms. The number of hydrogen-bond donors (Lipinski definition) is 0. The van der Waals surface area contributed by atoms with Crippen LogP contribution in [0.25, 0.3) is 0 Å². The third-order valence-corrected chi connectivity index (χ3v) is 3.73. The van der Waals surface area contributed by atoms with Crippen LogP contribution in [0.2, 0.25) is 0 Å². The van der Waals surface area contributed by atoms with Gasteiger partial charge in [-0.15, -0.1) is 0 Å². The Morgan fingerprint density at radius 3 is 2.73 bits per heavy atom. The highest BCUT2D eigenvalue weighted by molar-refractivity contribution is 8.00. The first kappa shape index (κ1) is 9.66. The van der Waals surface area contributed by atoms with Crippen LogP contribution < -0.4 is 0 Å². The number of benzene rings is 1. The zero-order chi connectivity index (χ0) is 10.1. The Morgan fingerprint density at radius 2 is 1.87 bits per heavy atom. The van der Waals surface area contributed by atoms with Crippen molar-refractivity contribution in [3.8, 4) is 0 Å². The molecule has 3 nitrogen and oxygen atoms in total. The van der Waals surface area contributed by atoms with Gasteiger partial charge >= 0.3 is 0 Å². The molecule has 0 radical (unpaired) electrons. The van der Waals surface area contributed by atoms with Crippen molar-refractivity contribution in [3.05, 3.63) is 29.8 Å². The average Bonchev–Trinajstić information content (AvgIpc) is 2.82. The lowest BCUT2D eigenvalue weighted by atomic mass is 10.2. The van der Waals surface area contributed by atoms with Crippen molar-refractivity contribution in [1.29, 1.82) is 0 Å².